The van der Waals surface area contributed by atoms with Gasteiger partial charge in [0.1, 0.15) is 5.65 Å². The van der Waals surface area contributed by atoms with Crippen LogP contribution in [0.4, 0.5) is 8.78 Å². The Bertz CT molecular complexity index is 1020. The highest BCUT2D eigenvalue weighted by Crippen LogP contribution is 2.29. The van der Waals surface area contributed by atoms with Crippen LogP contribution >= 0.6 is 0 Å². The first-order valence-corrected chi connectivity index (χ1v) is 8.68. The van der Waals surface area contributed by atoms with Gasteiger partial charge in [0, 0.05) is 49.8 Å². The lowest BCUT2D eigenvalue weighted by atomic mass is 10.1. The summed E-state index contributed by atoms with van der Waals surface area (Å²) in [5.41, 5.74) is 1.69. The van der Waals surface area contributed by atoms with E-state index in [0.29, 0.717) is 23.4 Å². The molecule has 0 bridgehead atoms. The van der Waals surface area contributed by atoms with Crippen LogP contribution in [0.2, 0.25) is 0 Å². The summed E-state index contributed by atoms with van der Waals surface area (Å²) in [7, 11) is 0. The second-order valence-electron chi connectivity index (χ2n) is 6.54. The van der Waals surface area contributed by atoms with Crippen LogP contribution in [-0.4, -0.2) is 50.8 Å². The molecular formula is C19H16F2N4O3. The maximum atomic E-state index is 13.3. The molecule has 4 heterocycles. The van der Waals surface area contributed by atoms with E-state index in [1.54, 1.807) is 35.0 Å². The molecule has 0 atom stereocenters. The molecule has 144 valence electrons. The van der Waals surface area contributed by atoms with Crippen molar-refractivity contribution >= 4 is 23.4 Å². The van der Waals surface area contributed by atoms with Crippen LogP contribution in [0.5, 0.6) is 5.88 Å². The number of carbonyl (C=O) groups excluding carboxylic acids is 2. The number of rotatable bonds is 4. The molecule has 1 fully saturated rings. The van der Waals surface area contributed by atoms with Gasteiger partial charge in [0.2, 0.25) is 5.88 Å². The van der Waals surface area contributed by atoms with E-state index in [1.807, 2.05) is 0 Å². The SMILES string of the molecule is O=COc1ccc(-n2ccc3cc(C(=O)N4CCC(F)(F)CC4)cnc32)cn1. The standard InChI is InChI=1S/C19H16F2N4O3/c20-19(21)4-7-24(8-5-19)18(27)14-9-13-3-6-25(17(13)23-10-14)15-1-2-16(22-11-15)28-12-26/h1-3,6,9-12H,4-5,7-8H2. The summed E-state index contributed by atoms with van der Waals surface area (Å²) in [6.07, 6.45) is 4.13. The molecule has 0 N–H and O–H groups in total. The molecule has 0 unspecified atom stereocenters. The largest absolute Gasteiger partial charge is 0.410 e. The van der Waals surface area contributed by atoms with Crippen LogP contribution in [0.3, 0.4) is 0 Å². The molecule has 3 aromatic rings. The molecule has 9 heteroatoms. The molecule has 7 nitrogen and oxygen atoms in total. The van der Waals surface area contributed by atoms with Crippen LogP contribution in [-0.2, 0) is 4.79 Å². The lowest BCUT2D eigenvalue weighted by molar-refractivity contribution is -0.120. The molecule has 1 saturated heterocycles. The Hall–Kier alpha value is -3.36. The highest BCUT2D eigenvalue weighted by Gasteiger charge is 2.35. The Morgan fingerprint density at radius 3 is 2.61 bits per heavy atom. The van der Waals surface area contributed by atoms with E-state index < -0.39 is 5.92 Å². The summed E-state index contributed by atoms with van der Waals surface area (Å²) in [4.78, 5) is 32.8. The number of aromatic nitrogens is 3. The van der Waals surface area contributed by atoms with Gasteiger partial charge in [-0.1, -0.05) is 0 Å². The molecule has 0 spiro atoms. The molecule has 3 aromatic heterocycles. The smallest absolute Gasteiger partial charge is 0.299 e. The number of fused-ring (bicyclic) bond motifs is 1. The minimum atomic E-state index is -2.70. The average molecular weight is 386 g/mol. The zero-order valence-electron chi connectivity index (χ0n) is 14.7. The minimum Gasteiger partial charge on any atom is -0.410 e. The summed E-state index contributed by atoms with van der Waals surface area (Å²) >= 11 is 0. The van der Waals surface area contributed by atoms with E-state index in [0.717, 1.165) is 5.39 Å². The monoisotopic (exact) mass is 386 g/mol. The maximum absolute atomic E-state index is 13.3. The first-order valence-electron chi connectivity index (χ1n) is 8.68. The van der Waals surface area contributed by atoms with E-state index in [1.165, 1.54) is 17.3 Å². The zero-order valence-corrected chi connectivity index (χ0v) is 14.7. The molecule has 1 aliphatic rings. The van der Waals surface area contributed by atoms with Crippen molar-refractivity contribution in [2.45, 2.75) is 18.8 Å². The number of halogens is 2. The predicted molar refractivity (Wildman–Crippen MR) is 95.6 cm³/mol. The maximum Gasteiger partial charge on any atom is 0.299 e. The Labute approximate surface area is 158 Å². The first-order chi connectivity index (χ1) is 13.5. The van der Waals surface area contributed by atoms with E-state index in [4.69, 9.17) is 0 Å². The van der Waals surface area contributed by atoms with E-state index in [9.17, 15) is 18.4 Å². The second kappa shape index (κ2) is 6.99. The van der Waals surface area contributed by atoms with E-state index >= 15 is 0 Å². The Morgan fingerprint density at radius 2 is 1.93 bits per heavy atom. The summed E-state index contributed by atoms with van der Waals surface area (Å²) in [6, 6.07) is 6.78. The number of hydrogen-bond donors (Lipinski definition) is 0. The van der Waals surface area contributed by atoms with Gasteiger partial charge in [-0.25, -0.2) is 18.7 Å². The fourth-order valence-corrected chi connectivity index (χ4v) is 3.20. The highest BCUT2D eigenvalue weighted by molar-refractivity contribution is 5.97. The number of hydrogen-bond acceptors (Lipinski definition) is 5. The van der Waals surface area contributed by atoms with Gasteiger partial charge in [-0.2, -0.15) is 0 Å². The molecule has 1 amide bonds. The molecule has 4 rings (SSSR count). The van der Waals surface area contributed by atoms with Gasteiger partial charge < -0.3 is 9.64 Å². The van der Waals surface area contributed by atoms with Crippen LogP contribution in [0.25, 0.3) is 16.7 Å². The van der Waals surface area contributed by atoms with Crippen molar-refractivity contribution in [3.63, 3.8) is 0 Å². The van der Waals surface area contributed by atoms with Crippen molar-refractivity contribution in [3.8, 4) is 11.6 Å². The van der Waals surface area contributed by atoms with Crippen molar-refractivity contribution in [2.75, 3.05) is 13.1 Å². The van der Waals surface area contributed by atoms with Crippen LogP contribution in [0.15, 0.2) is 42.9 Å². The molecule has 28 heavy (non-hydrogen) atoms. The number of pyridine rings is 2. The van der Waals surface area contributed by atoms with Crippen molar-refractivity contribution in [3.05, 3.63) is 48.4 Å². The van der Waals surface area contributed by atoms with Gasteiger partial charge >= 0.3 is 0 Å². The third-order valence-corrected chi connectivity index (χ3v) is 4.72. The van der Waals surface area contributed by atoms with Crippen LogP contribution < -0.4 is 4.74 Å². The fraction of sp³-hybridized carbons (Fsp3) is 0.263. The molecule has 0 saturated carbocycles. The minimum absolute atomic E-state index is 0.0335. The van der Waals surface area contributed by atoms with Crippen molar-refractivity contribution in [1.82, 2.24) is 19.4 Å². The number of piperidine rings is 1. The summed E-state index contributed by atoms with van der Waals surface area (Å²) in [6.45, 7) is 0.369. The van der Waals surface area contributed by atoms with E-state index in [-0.39, 0.29) is 37.7 Å². The van der Waals surface area contributed by atoms with Gasteiger partial charge in [0.05, 0.1) is 17.4 Å². The number of ether oxygens (including phenoxy) is 1. The fourth-order valence-electron chi connectivity index (χ4n) is 3.20. The average Bonchev–Trinajstić information content (AvgIpc) is 3.11. The zero-order chi connectivity index (χ0) is 19.7. The lowest BCUT2D eigenvalue weighted by Crippen LogP contribution is -2.42. The third-order valence-electron chi connectivity index (χ3n) is 4.72. The van der Waals surface area contributed by atoms with Crippen molar-refractivity contribution in [2.24, 2.45) is 0 Å². The van der Waals surface area contributed by atoms with Gasteiger partial charge in [-0.05, 0) is 18.2 Å². The van der Waals surface area contributed by atoms with Gasteiger partial charge in [0.15, 0.2) is 0 Å². The lowest BCUT2D eigenvalue weighted by Gasteiger charge is -2.31. The number of likely N-dealkylation sites (tertiary alicyclic amines) is 1. The number of amides is 1. The van der Waals surface area contributed by atoms with Crippen molar-refractivity contribution < 1.29 is 23.1 Å². The Morgan fingerprint density at radius 1 is 1.14 bits per heavy atom. The quantitative estimate of drug-likeness (QED) is 0.645. The number of nitrogens with zero attached hydrogens (tertiary/aromatic N) is 4. The summed E-state index contributed by atoms with van der Waals surface area (Å²) < 4.78 is 33.1. The summed E-state index contributed by atoms with van der Waals surface area (Å²) in [5.74, 6) is -2.81. The number of carbonyl (C=O) groups is 2. The van der Waals surface area contributed by atoms with E-state index in [2.05, 4.69) is 14.7 Å². The van der Waals surface area contributed by atoms with Gasteiger partial charge in [0.25, 0.3) is 18.3 Å². The van der Waals surface area contributed by atoms with Crippen LogP contribution in [0, 0.1) is 0 Å². The Balaban J connectivity index is 1.57. The first kappa shape index (κ1) is 18.0. The van der Waals surface area contributed by atoms with Gasteiger partial charge in [-0.15, -0.1) is 0 Å². The molecule has 0 aromatic carbocycles. The van der Waals surface area contributed by atoms with Gasteiger partial charge in [-0.3, -0.25) is 14.2 Å². The Kier molecular flexibility index (Phi) is 4.50. The molecule has 0 radical (unpaired) electrons. The molecule has 1 aliphatic heterocycles. The second-order valence-corrected chi connectivity index (χ2v) is 6.54. The predicted octanol–water partition coefficient (Wildman–Crippen LogP) is 2.83. The van der Waals surface area contributed by atoms with Crippen LogP contribution in [0.1, 0.15) is 23.2 Å². The number of alkyl halides is 2. The summed E-state index contributed by atoms with van der Waals surface area (Å²) in [5, 5.41) is 0.737. The normalized spacial score (nSPS) is 16.1. The van der Waals surface area contributed by atoms with Crippen molar-refractivity contribution in [1.29, 1.82) is 0 Å². The molecule has 0 aliphatic carbocycles. The highest BCUT2D eigenvalue weighted by atomic mass is 19.3. The third kappa shape index (κ3) is 3.42. The topological polar surface area (TPSA) is 77.3 Å². The molecular weight excluding hydrogens is 370 g/mol.